The first kappa shape index (κ1) is 11.4. The predicted octanol–water partition coefficient (Wildman–Crippen LogP) is 1.75. The summed E-state index contributed by atoms with van der Waals surface area (Å²) in [6.45, 7) is 1.28. The zero-order valence-corrected chi connectivity index (χ0v) is 8.73. The van der Waals surface area contributed by atoms with Crippen LogP contribution in [0, 0.1) is 0 Å². The summed E-state index contributed by atoms with van der Waals surface area (Å²) >= 11 is 0. The lowest BCUT2D eigenvalue weighted by atomic mass is 10.1. The van der Waals surface area contributed by atoms with Crippen LogP contribution in [0.1, 0.15) is 18.9 Å². The third kappa shape index (κ3) is 4.96. The van der Waals surface area contributed by atoms with Gasteiger partial charge >= 0.3 is 5.97 Å². The van der Waals surface area contributed by atoms with E-state index in [1.165, 1.54) is 6.92 Å². The molecule has 0 bridgehead atoms. The number of hydrogen-bond donors (Lipinski definition) is 0. The summed E-state index contributed by atoms with van der Waals surface area (Å²) in [5, 5.41) is 0. The van der Waals surface area contributed by atoms with Crippen molar-refractivity contribution in [3.8, 4) is 0 Å². The Hall–Kier alpha value is -1.64. The van der Waals surface area contributed by atoms with Crippen LogP contribution in [0.5, 0.6) is 0 Å². The highest BCUT2D eigenvalue weighted by Gasteiger charge is 2.04. The number of carbonyl (C=O) groups excluding carboxylic acids is 2. The maximum atomic E-state index is 11.1. The van der Waals surface area contributed by atoms with Crippen molar-refractivity contribution in [3.63, 3.8) is 0 Å². The van der Waals surface area contributed by atoms with Gasteiger partial charge < -0.3 is 4.74 Å². The second-order valence-electron chi connectivity index (χ2n) is 3.35. The predicted molar refractivity (Wildman–Crippen MR) is 56.4 cm³/mol. The van der Waals surface area contributed by atoms with Crippen LogP contribution in [0.15, 0.2) is 30.3 Å². The molecule has 0 heterocycles. The minimum absolute atomic E-state index is 0.117. The third-order valence-corrected chi connectivity index (χ3v) is 1.90. The zero-order valence-electron chi connectivity index (χ0n) is 8.73. The lowest BCUT2D eigenvalue weighted by molar-refractivity contribution is -0.147. The van der Waals surface area contributed by atoms with Crippen molar-refractivity contribution in [1.82, 2.24) is 0 Å². The van der Waals surface area contributed by atoms with Crippen molar-refractivity contribution in [2.24, 2.45) is 0 Å². The van der Waals surface area contributed by atoms with E-state index in [-0.39, 0.29) is 18.4 Å². The third-order valence-electron chi connectivity index (χ3n) is 1.90. The Kier molecular flexibility index (Phi) is 4.54. The molecule has 0 aromatic heterocycles. The average Bonchev–Trinajstić information content (AvgIpc) is 2.25. The van der Waals surface area contributed by atoms with Gasteiger partial charge in [-0.25, -0.2) is 0 Å². The Balaban J connectivity index is 2.26. The minimum Gasteiger partial charge on any atom is -0.458 e. The van der Waals surface area contributed by atoms with Gasteiger partial charge in [-0.2, -0.15) is 0 Å². The fraction of sp³-hybridized carbons (Fsp3) is 0.333. The SMILES string of the molecule is CC(=O)COC(=O)CCc1ccccc1. The van der Waals surface area contributed by atoms with Gasteiger partial charge in [0.2, 0.25) is 0 Å². The van der Waals surface area contributed by atoms with Crippen molar-refractivity contribution >= 4 is 11.8 Å². The first-order chi connectivity index (χ1) is 7.18. The molecule has 0 radical (unpaired) electrons. The number of ketones is 1. The number of hydrogen-bond acceptors (Lipinski definition) is 3. The van der Waals surface area contributed by atoms with E-state index in [9.17, 15) is 9.59 Å². The molecule has 0 fully saturated rings. The molecule has 3 heteroatoms. The fourth-order valence-corrected chi connectivity index (χ4v) is 1.15. The number of benzene rings is 1. The largest absolute Gasteiger partial charge is 0.458 e. The second kappa shape index (κ2) is 5.96. The highest BCUT2D eigenvalue weighted by atomic mass is 16.5. The molecule has 0 N–H and O–H groups in total. The number of Topliss-reactive ketones (excluding diaryl/α,β-unsaturated/α-hetero) is 1. The van der Waals surface area contributed by atoms with E-state index in [2.05, 4.69) is 0 Å². The molecule has 0 spiro atoms. The number of esters is 1. The Morgan fingerprint density at radius 3 is 2.47 bits per heavy atom. The maximum absolute atomic E-state index is 11.1. The van der Waals surface area contributed by atoms with Gasteiger partial charge in [-0.15, -0.1) is 0 Å². The standard InChI is InChI=1S/C12H14O3/c1-10(13)9-15-12(14)8-7-11-5-3-2-4-6-11/h2-6H,7-9H2,1H3. The molecular formula is C12H14O3. The molecule has 0 aliphatic rings. The summed E-state index contributed by atoms with van der Waals surface area (Å²) in [7, 11) is 0. The highest BCUT2D eigenvalue weighted by Crippen LogP contribution is 2.03. The first-order valence-electron chi connectivity index (χ1n) is 4.87. The monoisotopic (exact) mass is 206 g/mol. The van der Waals surface area contributed by atoms with Crippen LogP contribution in [0.3, 0.4) is 0 Å². The molecule has 1 aromatic carbocycles. The Bertz CT molecular complexity index is 330. The van der Waals surface area contributed by atoms with E-state index in [1.54, 1.807) is 0 Å². The van der Waals surface area contributed by atoms with Gasteiger partial charge in [0, 0.05) is 6.42 Å². The lowest BCUT2D eigenvalue weighted by Crippen LogP contribution is -2.11. The average molecular weight is 206 g/mol. The molecule has 0 saturated heterocycles. The maximum Gasteiger partial charge on any atom is 0.306 e. The normalized spacial score (nSPS) is 9.67. The lowest BCUT2D eigenvalue weighted by Gasteiger charge is -2.02. The van der Waals surface area contributed by atoms with Crippen LogP contribution in [0.4, 0.5) is 0 Å². The molecule has 1 aromatic rings. The summed E-state index contributed by atoms with van der Waals surface area (Å²) in [6.07, 6.45) is 0.967. The summed E-state index contributed by atoms with van der Waals surface area (Å²) in [5.74, 6) is -0.461. The molecule has 3 nitrogen and oxygen atoms in total. The van der Waals surface area contributed by atoms with Crippen molar-refractivity contribution in [1.29, 1.82) is 0 Å². The second-order valence-corrected chi connectivity index (χ2v) is 3.35. The van der Waals surface area contributed by atoms with Gasteiger partial charge in [-0.1, -0.05) is 30.3 Å². The fourth-order valence-electron chi connectivity index (χ4n) is 1.15. The van der Waals surface area contributed by atoms with Gasteiger partial charge in [0.25, 0.3) is 0 Å². The van der Waals surface area contributed by atoms with Gasteiger partial charge in [-0.3, -0.25) is 9.59 Å². The van der Waals surface area contributed by atoms with Crippen LogP contribution in [0.2, 0.25) is 0 Å². The van der Waals surface area contributed by atoms with E-state index in [4.69, 9.17) is 4.74 Å². The van der Waals surface area contributed by atoms with E-state index in [0.29, 0.717) is 12.8 Å². The molecule has 0 aliphatic carbocycles. The molecular weight excluding hydrogens is 192 g/mol. The van der Waals surface area contributed by atoms with Crippen molar-refractivity contribution in [2.45, 2.75) is 19.8 Å². The van der Waals surface area contributed by atoms with E-state index in [1.807, 2.05) is 30.3 Å². The minimum atomic E-state index is -0.325. The van der Waals surface area contributed by atoms with Crippen LogP contribution in [-0.4, -0.2) is 18.4 Å². The number of ether oxygens (including phenoxy) is 1. The highest BCUT2D eigenvalue weighted by molar-refractivity contribution is 5.80. The number of rotatable bonds is 5. The summed E-state index contributed by atoms with van der Waals surface area (Å²) in [6, 6.07) is 9.69. The quantitative estimate of drug-likeness (QED) is 0.689. The Labute approximate surface area is 89.1 Å². The van der Waals surface area contributed by atoms with E-state index < -0.39 is 0 Å². The molecule has 80 valence electrons. The summed E-state index contributed by atoms with van der Waals surface area (Å²) in [5.41, 5.74) is 1.09. The van der Waals surface area contributed by atoms with E-state index in [0.717, 1.165) is 5.56 Å². The molecule has 0 amide bonds. The van der Waals surface area contributed by atoms with Gasteiger partial charge in [-0.05, 0) is 18.9 Å². The van der Waals surface area contributed by atoms with Crippen LogP contribution < -0.4 is 0 Å². The van der Waals surface area contributed by atoms with Crippen LogP contribution >= 0.6 is 0 Å². The molecule has 15 heavy (non-hydrogen) atoms. The van der Waals surface area contributed by atoms with E-state index >= 15 is 0 Å². The number of aryl methyl sites for hydroxylation is 1. The van der Waals surface area contributed by atoms with Crippen molar-refractivity contribution in [2.75, 3.05) is 6.61 Å². The van der Waals surface area contributed by atoms with Crippen molar-refractivity contribution < 1.29 is 14.3 Å². The molecule has 1 rings (SSSR count). The molecule has 0 atom stereocenters. The Morgan fingerprint density at radius 2 is 1.87 bits per heavy atom. The molecule has 0 aliphatic heterocycles. The first-order valence-corrected chi connectivity index (χ1v) is 4.87. The van der Waals surface area contributed by atoms with Gasteiger partial charge in [0.1, 0.15) is 6.61 Å². The summed E-state index contributed by atoms with van der Waals surface area (Å²) < 4.78 is 4.74. The molecule has 0 unspecified atom stereocenters. The smallest absolute Gasteiger partial charge is 0.306 e. The zero-order chi connectivity index (χ0) is 11.1. The Morgan fingerprint density at radius 1 is 1.20 bits per heavy atom. The van der Waals surface area contributed by atoms with Crippen molar-refractivity contribution in [3.05, 3.63) is 35.9 Å². The molecule has 0 saturated carbocycles. The van der Waals surface area contributed by atoms with Crippen LogP contribution in [-0.2, 0) is 20.7 Å². The van der Waals surface area contributed by atoms with Gasteiger partial charge in [0.15, 0.2) is 5.78 Å². The van der Waals surface area contributed by atoms with Crippen LogP contribution in [0.25, 0.3) is 0 Å². The number of carbonyl (C=O) groups is 2. The van der Waals surface area contributed by atoms with Gasteiger partial charge in [0.05, 0.1) is 0 Å². The topological polar surface area (TPSA) is 43.4 Å². The summed E-state index contributed by atoms with van der Waals surface area (Å²) in [4.78, 5) is 21.7.